The lowest BCUT2D eigenvalue weighted by molar-refractivity contribution is 0.0685. The van der Waals surface area contributed by atoms with Gasteiger partial charge in [-0.05, 0) is 51.0 Å². The molecule has 0 aliphatic carbocycles. The Morgan fingerprint density at radius 2 is 1.86 bits per heavy atom. The molecule has 0 bridgehead atoms. The first-order valence-electron chi connectivity index (χ1n) is 7.79. The van der Waals surface area contributed by atoms with Gasteiger partial charge in [0.25, 0.3) is 0 Å². The summed E-state index contributed by atoms with van der Waals surface area (Å²) < 4.78 is 1.95. The van der Waals surface area contributed by atoms with E-state index < -0.39 is 5.97 Å². The van der Waals surface area contributed by atoms with E-state index in [9.17, 15) is 9.90 Å². The van der Waals surface area contributed by atoms with Gasteiger partial charge < -0.3 is 14.6 Å². The Balaban J connectivity index is 1.72. The number of carboxylic acids is 1. The van der Waals surface area contributed by atoms with Crippen molar-refractivity contribution in [2.24, 2.45) is 0 Å². The Morgan fingerprint density at radius 1 is 1.10 bits per heavy atom. The number of benzene rings is 1. The number of nitrogens with zero attached hydrogens (tertiary/aromatic N) is 2. The molecule has 2 aromatic rings. The van der Waals surface area contributed by atoms with Gasteiger partial charge in [0.1, 0.15) is 5.69 Å². The fourth-order valence-electron chi connectivity index (χ4n) is 3.26. The zero-order valence-electron chi connectivity index (χ0n) is 12.3. The van der Waals surface area contributed by atoms with Crippen LogP contribution in [0.25, 0.3) is 10.9 Å². The highest BCUT2D eigenvalue weighted by Gasteiger charge is 2.15. The molecule has 112 valence electrons. The van der Waals surface area contributed by atoms with E-state index in [1.54, 1.807) is 6.07 Å². The largest absolute Gasteiger partial charge is 0.477 e. The number of hydrogen-bond acceptors (Lipinski definition) is 2. The maximum absolute atomic E-state index is 11.4. The molecule has 1 fully saturated rings. The average molecular weight is 286 g/mol. The summed E-state index contributed by atoms with van der Waals surface area (Å²) in [6, 6.07) is 9.67. The van der Waals surface area contributed by atoms with Crippen LogP contribution in [0.4, 0.5) is 0 Å². The molecule has 1 aliphatic heterocycles. The Bertz CT molecular complexity index is 627. The number of aromatic nitrogens is 1. The van der Waals surface area contributed by atoms with Crippen molar-refractivity contribution in [3.8, 4) is 0 Å². The number of fused-ring (bicyclic) bond motifs is 1. The Kier molecular flexibility index (Phi) is 4.25. The smallest absolute Gasteiger partial charge is 0.352 e. The van der Waals surface area contributed by atoms with Crippen molar-refractivity contribution in [1.82, 2.24) is 9.47 Å². The summed E-state index contributed by atoms with van der Waals surface area (Å²) in [7, 11) is 0. The average Bonchev–Trinajstić information content (AvgIpc) is 2.88. The maximum atomic E-state index is 11.4. The highest BCUT2D eigenvalue weighted by atomic mass is 16.4. The lowest BCUT2D eigenvalue weighted by Crippen LogP contribution is -2.31. The summed E-state index contributed by atoms with van der Waals surface area (Å²) in [6.07, 6.45) is 4.94. The van der Waals surface area contributed by atoms with Crippen LogP contribution in [0.3, 0.4) is 0 Å². The van der Waals surface area contributed by atoms with E-state index in [2.05, 4.69) is 4.90 Å². The molecule has 1 N–H and O–H groups in total. The monoisotopic (exact) mass is 286 g/mol. The highest BCUT2D eigenvalue weighted by molar-refractivity contribution is 5.94. The summed E-state index contributed by atoms with van der Waals surface area (Å²) in [5, 5.41) is 10.4. The molecule has 1 saturated heterocycles. The minimum Gasteiger partial charge on any atom is -0.477 e. The van der Waals surface area contributed by atoms with E-state index in [0.717, 1.165) is 30.4 Å². The van der Waals surface area contributed by atoms with Gasteiger partial charge in [-0.25, -0.2) is 4.79 Å². The molecular weight excluding hydrogens is 264 g/mol. The third-order valence-corrected chi connectivity index (χ3v) is 4.33. The number of carboxylic acid groups (broad SMARTS) is 1. The Hall–Kier alpha value is -1.81. The Morgan fingerprint density at radius 3 is 2.62 bits per heavy atom. The normalized spacial score (nSPS) is 16.4. The first-order chi connectivity index (χ1) is 10.3. The molecule has 1 aromatic carbocycles. The summed E-state index contributed by atoms with van der Waals surface area (Å²) >= 11 is 0. The van der Waals surface area contributed by atoms with E-state index >= 15 is 0 Å². The number of piperidine rings is 1. The summed E-state index contributed by atoms with van der Waals surface area (Å²) in [6.45, 7) is 4.22. The minimum absolute atomic E-state index is 0.398. The van der Waals surface area contributed by atoms with Crippen LogP contribution in [0, 0.1) is 0 Å². The third kappa shape index (κ3) is 3.10. The molecule has 0 unspecified atom stereocenters. The second kappa shape index (κ2) is 6.31. The number of likely N-dealkylation sites (tertiary alicyclic amines) is 1. The topological polar surface area (TPSA) is 45.5 Å². The SMILES string of the molecule is O=C(O)c1cc2ccccc2n1CCCN1CCCCC1. The van der Waals surface area contributed by atoms with Crippen LogP contribution in [0.15, 0.2) is 30.3 Å². The van der Waals surface area contributed by atoms with E-state index in [0.29, 0.717) is 5.69 Å². The quantitative estimate of drug-likeness (QED) is 0.918. The van der Waals surface area contributed by atoms with Crippen molar-refractivity contribution < 1.29 is 9.90 Å². The predicted molar refractivity (Wildman–Crippen MR) is 83.8 cm³/mol. The predicted octanol–water partition coefficient (Wildman–Crippen LogP) is 3.22. The number of carbonyl (C=O) groups is 1. The lowest BCUT2D eigenvalue weighted by Gasteiger charge is -2.26. The number of aryl methyl sites for hydroxylation is 1. The standard InChI is InChI=1S/C17H22N2O2/c20-17(21)16-13-14-7-2-3-8-15(14)19(16)12-6-11-18-9-4-1-5-10-18/h2-3,7-8,13H,1,4-6,9-12H2,(H,20,21). The van der Waals surface area contributed by atoms with Gasteiger partial charge in [-0.15, -0.1) is 0 Å². The molecule has 3 rings (SSSR count). The number of aromatic carboxylic acids is 1. The molecule has 1 aliphatic rings. The molecular formula is C17H22N2O2. The summed E-state index contributed by atoms with van der Waals surface area (Å²) in [5.41, 5.74) is 1.42. The number of hydrogen-bond donors (Lipinski definition) is 1. The van der Waals surface area contributed by atoms with Crippen molar-refractivity contribution in [3.63, 3.8) is 0 Å². The molecule has 2 heterocycles. The first kappa shape index (κ1) is 14.1. The van der Waals surface area contributed by atoms with Crippen molar-refractivity contribution in [1.29, 1.82) is 0 Å². The molecule has 21 heavy (non-hydrogen) atoms. The summed E-state index contributed by atoms with van der Waals surface area (Å²) in [4.78, 5) is 13.9. The second-order valence-corrected chi connectivity index (χ2v) is 5.80. The zero-order valence-corrected chi connectivity index (χ0v) is 12.3. The van der Waals surface area contributed by atoms with Crippen LogP contribution in [0.1, 0.15) is 36.2 Å². The van der Waals surface area contributed by atoms with Gasteiger partial charge in [-0.2, -0.15) is 0 Å². The third-order valence-electron chi connectivity index (χ3n) is 4.33. The Labute approximate surface area is 125 Å². The van der Waals surface area contributed by atoms with Crippen molar-refractivity contribution in [3.05, 3.63) is 36.0 Å². The van der Waals surface area contributed by atoms with Gasteiger partial charge >= 0.3 is 5.97 Å². The van der Waals surface area contributed by atoms with Crippen LogP contribution in [-0.2, 0) is 6.54 Å². The van der Waals surface area contributed by atoms with Crippen LogP contribution in [0.2, 0.25) is 0 Å². The van der Waals surface area contributed by atoms with E-state index in [4.69, 9.17) is 0 Å². The van der Waals surface area contributed by atoms with E-state index in [-0.39, 0.29) is 0 Å². The van der Waals surface area contributed by atoms with E-state index in [1.165, 1.54) is 32.4 Å². The molecule has 0 amide bonds. The number of rotatable bonds is 5. The molecule has 4 heteroatoms. The van der Waals surface area contributed by atoms with Crippen LogP contribution in [0.5, 0.6) is 0 Å². The van der Waals surface area contributed by atoms with Crippen molar-refractivity contribution in [2.75, 3.05) is 19.6 Å². The maximum Gasteiger partial charge on any atom is 0.352 e. The fraction of sp³-hybridized carbons (Fsp3) is 0.471. The van der Waals surface area contributed by atoms with Crippen LogP contribution in [-0.4, -0.2) is 40.2 Å². The highest BCUT2D eigenvalue weighted by Crippen LogP contribution is 2.20. The second-order valence-electron chi connectivity index (χ2n) is 5.80. The van der Waals surface area contributed by atoms with Gasteiger partial charge in [-0.3, -0.25) is 0 Å². The van der Waals surface area contributed by atoms with Crippen LogP contribution < -0.4 is 0 Å². The molecule has 0 radical (unpaired) electrons. The van der Waals surface area contributed by atoms with Gasteiger partial charge in [0.2, 0.25) is 0 Å². The van der Waals surface area contributed by atoms with Gasteiger partial charge in [0, 0.05) is 17.4 Å². The van der Waals surface area contributed by atoms with Crippen LogP contribution >= 0.6 is 0 Å². The lowest BCUT2D eigenvalue weighted by atomic mass is 10.1. The van der Waals surface area contributed by atoms with Crippen molar-refractivity contribution in [2.45, 2.75) is 32.2 Å². The zero-order chi connectivity index (χ0) is 14.7. The number of para-hydroxylation sites is 1. The molecule has 4 nitrogen and oxygen atoms in total. The molecule has 1 aromatic heterocycles. The van der Waals surface area contributed by atoms with Gasteiger partial charge in [-0.1, -0.05) is 24.6 Å². The molecule has 0 saturated carbocycles. The van der Waals surface area contributed by atoms with E-state index in [1.807, 2.05) is 28.8 Å². The molecule has 0 spiro atoms. The van der Waals surface area contributed by atoms with Gasteiger partial charge in [0.05, 0.1) is 0 Å². The fourth-order valence-corrected chi connectivity index (χ4v) is 3.26. The van der Waals surface area contributed by atoms with Gasteiger partial charge in [0.15, 0.2) is 0 Å². The minimum atomic E-state index is -0.843. The van der Waals surface area contributed by atoms with Crippen molar-refractivity contribution >= 4 is 16.9 Å². The molecule has 0 atom stereocenters. The first-order valence-corrected chi connectivity index (χ1v) is 7.79. The summed E-state index contributed by atoms with van der Waals surface area (Å²) in [5.74, 6) is -0.843.